The van der Waals surface area contributed by atoms with Gasteiger partial charge in [-0.2, -0.15) is 0 Å². The predicted octanol–water partition coefficient (Wildman–Crippen LogP) is 2.43. The molecule has 0 aliphatic carbocycles. The molecule has 0 saturated carbocycles. The van der Waals surface area contributed by atoms with Crippen molar-refractivity contribution in [3.63, 3.8) is 0 Å². The van der Waals surface area contributed by atoms with Crippen LogP contribution in [0.1, 0.15) is 6.92 Å². The lowest BCUT2D eigenvalue weighted by Gasteiger charge is -2.03. The van der Waals surface area contributed by atoms with Gasteiger partial charge in [-0.25, -0.2) is 4.98 Å². The van der Waals surface area contributed by atoms with E-state index >= 15 is 0 Å². The molecule has 0 aliphatic rings. The van der Waals surface area contributed by atoms with Gasteiger partial charge < -0.3 is 4.74 Å². The summed E-state index contributed by atoms with van der Waals surface area (Å²) >= 11 is 0. The van der Waals surface area contributed by atoms with Gasteiger partial charge in [-0.15, -0.1) is 0 Å². The normalized spacial score (nSPS) is 10.2. The standard InChI is InChI=1S/C11H10NO/c1-2-13-10-5-6-11-9(8-10)4-3-7-12-11/h3-6,8H,2H2,1H3. The Morgan fingerprint density at radius 2 is 2.31 bits per heavy atom. The number of hydrogen-bond acceptors (Lipinski definition) is 2. The lowest BCUT2D eigenvalue weighted by Crippen LogP contribution is -1.90. The quantitative estimate of drug-likeness (QED) is 0.694. The first-order valence-electron chi connectivity index (χ1n) is 4.30. The van der Waals surface area contributed by atoms with Gasteiger partial charge in [0.15, 0.2) is 0 Å². The van der Waals surface area contributed by atoms with Crippen molar-refractivity contribution in [2.45, 2.75) is 6.92 Å². The first-order valence-corrected chi connectivity index (χ1v) is 4.30. The highest BCUT2D eigenvalue weighted by molar-refractivity contribution is 5.79. The van der Waals surface area contributed by atoms with E-state index in [1.807, 2.05) is 31.2 Å². The van der Waals surface area contributed by atoms with Crippen LogP contribution in [0.25, 0.3) is 10.9 Å². The number of hydrogen-bond donors (Lipinski definition) is 0. The topological polar surface area (TPSA) is 22.1 Å². The minimum atomic E-state index is 0.692. The Bertz CT molecular complexity index is 412. The fraction of sp³-hybridized carbons (Fsp3) is 0.182. The molecule has 0 saturated heterocycles. The van der Waals surface area contributed by atoms with E-state index < -0.39 is 0 Å². The Morgan fingerprint density at radius 3 is 3.15 bits per heavy atom. The summed E-state index contributed by atoms with van der Waals surface area (Å²) in [5, 5.41) is 1.09. The van der Waals surface area contributed by atoms with E-state index in [9.17, 15) is 0 Å². The summed E-state index contributed by atoms with van der Waals surface area (Å²) in [5.41, 5.74) is 0.950. The molecule has 65 valence electrons. The van der Waals surface area contributed by atoms with Crippen molar-refractivity contribution in [1.82, 2.24) is 4.98 Å². The predicted molar refractivity (Wildman–Crippen MR) is 51.7 cm³/mol. The zero-order valence-corrected chi connectivity index (χ0v) is 7.45. The third kappa shape index (κ3) is 1.61. The molecule has 2 heteroatoms. The zero-order valence-electron chi connectivity index (χ0n) is 7.45. The largest absolute Gasteiger partial charge is 0.494 e. The summed E-state index contributed by atoms with van der Waals surface area (Å²) in [6.07, 6.45) is 2.80. The molecule has 1 aromatic carbocycles. The molecule has 0 amide bonds. The molecule has 2 aromatic rings. The Kier molecular flexibility index (Phi) is 2.13. The lowest BCUT2D eigenvalue weighted by atomic mass is 10.2. The van der Waals surface area contributed by atoms with Crippen molar-refractivity contribution in [1.29, 1.82) is 0 Å². The second-order valence-corrected chi connectivity index (χ2v) is 2.73. The molecule has 1 radical (unpaired) electrons. The van der Waals surface area contributed by atoms with E-state index in [1.165, 1.54) is 0 Å². The third-order valence-corrected chi connectivity index (χ3v) is 1.83. The summed E-state index contributed by atoms with van der Waals surface area (Å²) < 4.78 is 5.38. The van der Waals surface area contributed by atoms with Crippen molar-refractivity contribution >= 4 is 10.9 Å². The number of ether oxygens (including phenoxy) is 1. The first-order chi connectivity index (χ1) is 6.40. The van der Waals surface area contributed by atoms with Crippen LogP contribution in [0, 0.1) is 6.20 Å². The third-order valence-electron chi connectivity index (χ3n) is 1.83. The van der Waals surface area contributed by atoms with Gasteiger partial charge in [0.2, 0.25) is 0 Å². The molecule has 1 aromatic heterocycles. The number of nitrogens with zero attached hydrogens (tertiary/aromatic N) is 1. The second-order valence-electron chi connectivity index (χ2n) is 2.73. The van der Waals surface area contributed by atoms with Crippen LogP contribution in [0.3, 0.4) is 0 Å². The molecule has 0 bridgehead atoms. The van der Waals surface area contributed by atoms with E-state index in [1.54, 1.807) is 6.07 Å². The average molecular weight is 172 g/mol. The van der Waals surface area contributed by atoms with Gasteiger partial charge in [-0.05, 0) is 31.2 Å². The first kappa shape index (κ1) is 8.05. The van der Waals surface area contributed by atoms with Gasteiger partial charge in [0.1, 0.15) is 5.75 Å². The molecule has 2 nitrogen and oxygen atoms in total. The molecule has 0 spiro atoms. The van der Waals surface area contributed by atoms with Crippen LogP contribution >= 0.6 is 0 Å². The Labute approximate surface area is 77.2 Å². The average Bonchev–Trinajstić information content (AvgIpc) is 2.18. The zero-order chi connectivity index (χ0) is 9.10. The minimum Gasteiger partial charge on any atom is -0.494 e. The monoisotopic (exact) mass is 172 g/mol. The number of rotatable bonds is 2. The van der Waals surface area contributed by atoms with E-state index in [0.717, 1.165) is 16.7 Å². The summed E-state index contributed by atoms with van der Waals surface area (Å²) in [7, 11) is 0. The fourth-order valence-electron chi connectivity index (χ4n) is 1.26. The Balaban J connectivity index is 2.49. The maximum atomic E-state index is 5.38. The maximum absolute atomic E-state index is 5.38. The lowest BCUT2D eigenvalue weighted by molar-refractivity contribution is 0.340. The number of pyridine rings is 1. The molecule has 0 N–H and O–H groups in total. The van der Waals surface area contributed by atoms with Gasteiger partial charge in [0, 0.05) is 5.39 Å². The van der Waals surface area contributed by atoms with E-state index in [4.69, 9.17) is 4.74 Å². The van der Waals surface area contributed by atoms with Crippen LogP contribution in [0.15, 0.2) is 30.3 Å². The van der Waals surface area contributed by atoms with Crippen LogP contribution in [0.5, 0.6) is 5.75 Å². The molecule has 0 atom stereocenters. The second kappa shape index (κ2) is 3.44. The molecular weight excluding hydrogens is 162 g/mol. The molecule has 0 unspecified atom stereocenters. The highest BCUT2D eigenvalue weighted by Crippen LogP contribution is 2.18. The number of benzene rings is 1. The summed E-state index contributed by atoms with van der Waals surface area (Å²) in [6, 6.07) is 9.63. The summed E-state index contributed by atoms with van der Waals surface area (Å²) in [6.45, 7) is 2.67. The molecule has 0 aliphatic heterocycles. The van der Waals surface area contributed by atoms with E-state index in [-0.39, 0.29) is 0 Å². The van der Waals surface area contributed by atoms with Gasteiger partial charge >= 0.3 is 0 Å². The SMILES string of the molecule is CCOc1ccc2n[c]ccc2c1. The smallest absolute Gasteiger partial charge is 0.120 e. The Morgan fingerprint density at radius 1 is 1.38 bits per heavy atom. The van der Waals surface area contributed by atoms with Crippen molar-refractivity contribution in [2.75, 3.05) is 6.61 Å². The van der Waals surface area contributed by atoms with Crippen molar-refractivity contribution in [3.8, 4) is 5.75 Å². The summed E-state index contributed by atoms with van der Waals surface area (Å²) in [5.74, 6) is 0.892. The molecular formula is C11H10NO. The molecule has 13 heavy (non-hydrogen) atoms. The maximum Gasteiger partial charge on any atom is 0.120 e. The number of fused-ring (bicyclic) bond motifs is 1. The van der Waals surface area contributed by atoms with Crippen LogP contribution in [0.4, 0.5) is 0 Å². The Hall–Kier alpha value is -1.57. The van der Waals surface area contributed by atoms with Crippen LogP contribution in [0.2, 0.25) is 0 Å². The fourth-order valence-corrected chi connectivity index (χ4v) is 1.26. The molecule has 2 rings (SSSR count). The van der Waals surface area contributed by atoms with Gasteiger partial charge in [-0.1, -0.05) is 6.07 Å². The molecule has 1 heterocycles. The van der Waals surface area contributed by atoms with Crippen LogP contribution in [-0.4, -0.2) is 11.6 Å². The van der Waals surface area contributed by atoms with E-state index in [0.29, 0.717) is 6.61 Å². The highest BCUT2D eigenvalue weighted by atomic mass is 16.5. The van der Waals surface area contributed by atoms with Crippen LogP contribution < -0.4 is 4.74 Å². The van der Waals surface area contributed by atoms with Crippen molar-refractivity contribution in [2.24, 2.45) is 0 Å². The van der Waals surface area contributed by atoms with E-state index in [2.05, 4.69) is 11.2 Å². The van der Waals surface area contributed by atoms with Gasteiger partial charge in [0.05, 0.1) is 18.3 Å². The minimum absolute atomic E-state index is 0.692. The molecule has 0 fully saturated rings. The highest BCUT2D eigenvalue weighted by Gasteiger charge is 1.95. The van der Waals surface area contributed by atoms with Gasteiger partial charge in [-0.3, -0.25) is 0 Å². The van der Waals surface area contributed by atoms with Crippen molar-refractivity contribution in [3.05, 3.63) is 36.5 Å². The van der Waals surface area contributed by atoms with Gasteiger partial charge in [0.25, 0.3) is 0 Å². The summed E-state index contributed by atoms with van der Waals surface area (Å²) in [4.78, 5) is 4.10. The van der Waals surface area contributed by atoms with Crippen molar-refractivity contribution < 1.29 is 4.74 Å². The number of aromatic nitrogens is 1. The van der Waals surface area contributed by atoms with Crippen LogP contribution in [-0.2, 0) is 0 Å².